The standard InChI is InChI=1S/C12H20N4S/c1-3-13-11-7-12(15-9(2)14-11)16-10-5-4-6-17-8-10/h7,10H,3-6,8H2,1-2H3,(H2,13,14,15,16). The lowest BCUT2D eigenvalue weighted by atomic mass is 10.2. The predicted octanol–water partition coefficient (Wildman–Crippen LogP) is 2.52. The smallest absolute Gasteiger partial charge is 0.132 e. The zero-order chi connectivity index (χ0) is 12.1. The summed E-state index contributed by atoms with van der Waals surface area (Å²) < 4.78 is 0. The molecular formula is C12H20N4S. The number of thioether (sulfide) groups is 1. The number of aromatic nitrogens is 2. The van der Waals surface area contributed by atoms with E-state index in [9.17, 15) is 0 Å². The van der Waals surface area contributed by atoms with Crippen molar-refractivity contribution in [2.45, 2.75) is 32.7 Å². The van der Waals surface area contributed by atoms with Gasteiger partial charge in [-0.1, -0.05) is 0 Å². The van der Waals surface area contributed by atoms with Gasteiger partial charge in [0.1, 0.15) is 17.5 Å². The SMILES string of the molecule is CCNc1cc(NC2CCCSC2)nc(C)n1. The molecule has 1 aromatic rings. The molecule has 0 saturated carbocycles. The van der Waals surface area contributed by atoms with Crippen LogP contribution in [0.4, 0.5) is 11.6 Å². The van der Waals surface area contributed by atoms with E-state index in [1.54, 1.807) is 0 Å². The van der Waals surface area contributed by atoms with E-state index in [-0.39, 0.29) is 0 Å². The first-order chi connectivity index (χ1) is 8.28. The fourth-order valence-electron chi connectivity index (χ4n) is 1.98. The first kappa shape index (κ1) is 12.5. The third kappa shape index (κ3) is 3.77. The van der Waals surface area contributed by atoms with Crippen LogP contribution in [0.3, 0.4) is 0 Å². The van der Waals surface area contributed by atoms with Crippen LogP contribution in [0.25, 0.3) is 0 Å². The normalized spacial score (nSPS) is 20.0. The molecule has 1 aliphatic heterocycles. The molecule has 0 radical (unpaired) electrons. The molecule has 1 aromatic heterocycles. The molecule has 0 spiro atoms. The molecule has 0 aromatic carbocycles. The molecule has 2 heterocycles. The van der Waals surface area contributed by atoms with Crippen molar-refractivity contribution in [1.82, 2.24) is 9.97 Å². The molecular weight excluding hydrogens is 232 g/mol. The van der Waals surface area contributed by atoms with Crippen LogP contribution in [-0.2, 0) is 0 Å². The maximum Gasteiger partial charge on any atom is 0.132 e. The number of nitrogens with one attached hydrogen (secondary N) is 2. The van der Waals surface area contributed by atoms with Crippen molar-refractivity contribution >= 4 is 23.4 Å². The lowest BCUT2D eigenvalue weighted by Gasteiger charge is -2.23. The van der Waals surface area contributed by atoms with E-state index >= 15 is 0 Å². The Morgan fingerprint density at radius 1 is 1.41 bits per heavy atom. The fourth-order valence-corrected chi connectivity index (χ4v) is 3.05. The Labute approximate surface area is 107 Å². The summed E-state index contributed by atoms with van der Waals surface area (Å²) in [5.74, 6) is 5.14. The maximum absolute atomic E-state index is 4.44. The number of anilines is 2. The van der Waals surface area contributed by atoms with Gasteiger partial charge in [-0.05, 0) is 32.4 Å². The molecule has 1 atom stereocenters. The third-order valence-corrected chi connectivity index (χ3v) is 3.92. The lowest BCUT2D eigenvalue weighted by molar-refractivity contribution is 0.681. The summed E-state index contributed by atoms with van der Waals surface area (Å²) in [6.07, 6.45) is 2.54. The van der Waals surface area contributed by atoms with Crippen LogP contribution in [-0.4, -0.2) is 34.1 Å². The molecule has 4 nitrogen and oxygen atoms in total. The minimum atomic E-state index is 0.553. The van der Waals surface area contributed by atoms with Crippen molar-refractivity contribution in [2.24, 2.45) is 0 Å². The Bertz CT molecular complexity index is 364. The topological polar surface area (TPSA) is 49.8 Å². The predicted molar refractivity (Wildman–Crippen MR) is 74.9 cm³/mol. The third-order valence-electron chi connectivity index (χ3n) is 2.71. The summed E-state index contributed by atoms with van der Waals surface area (Å²) in [6, 6.07) is 2.55. The summed E-state index contributed by atoms with van der Waals surface area (Å²) in [6.45, 7) is 4.89. The van der Waals surface area contributed by atoms with E-state index in [2.05, 4.69) is 27.5 Å². The van der Waals surface area contributed by atoms with E-state index < -0.39 is 0 Å². The fraction of sp³-hybridized carbons (Fsp3) is 0.667. The summed E-state index contributed by atoms with van der Waals surface area (Å²) in [5, 5.41) is 6.74. The first-order valence-electron chi connectivity index (χ1n) is 6.21. The quantitative estimate of drug-likeness (QED) is 0.862. The van der Waals surface area contributed by atoms with E-state index in [4.69, 9.17) is 0 Å². The van der Waals surface area contributed by atoms with Crippen LogP contribution in [0, 0.1) is 6.92 Å². The van der Waals surface area contributed by atoms with Gasteiger partial charge in [0.25, 0.3) is 0 Å². The van der Waals surface area contributed by atoms with E-state index in [0.29, 0.717) is 6.04 Å². The van der Waals surface area contributed by atoms with Gasteiger partial charge in [-0.2, -0.15) is 11.8 Å². The number of rotatable bonds is 4. The van der Waals surface area contributed by atoms with Crippen molar-refractivity contribution in [2.75, 3.05) is 28.7 Å². The molecule has 94 valence electrons. The van der Waals surface area contributed by atoms with Crippen molar-refractivity contribution in [3.05, 3.63) is 11.9 Å². The zero-order valence-electron chi connectivity index (χ0n) is 10.5. The first-order valence-corrected chi connectivity index (χ1v) is 7.37. The minimum absolute atomic E-state index is 0.553. The van der Waals surface area contributed by atoms with E-state index in [0.717, 1.165) is 24.0 Å². The molecule has 1 unspecified atom stereocenters. The Morgan fingerprint density at radius 3 is 2.94 bits per heavy atom. The second-order valence-corrected chi connectivity index (χ2v) is 5.42. The van der Waals surface area contributed by atoms with E-state index in [1.165, 1.54) is 24.3 Å². The molecule has 1 saturated heterocycles. The molecule has 2 rings (SSSR count). The monoisotopic (exact) mass is 252 g/mol. The van der Waals surface area contributed by atoms with Crippen LogP contribution >= 0.6 is 11.8 Å². The van der Waals surface area contributed by atoms with Gasteiger partial charge in [-0.3, -0.25) is 0 Å². The van der Waals surface area contributed by atoms with Crippen molar-refractivity contribution in [3.8, 4) is 0 Å². The molecule has 0 aliphatic carbocycles. The Morgan fingerprint density at radius 2 is 2.24 bits per heavy atom. The van der Waals surface area contributed by atoms with Crippen molar-refractivity contribution in [1.29, 1.82) is 0 Å². The highest BCUT2D eigenvalue weighted by Gasteiger charge is 2.14. The van der Waals surface area contributed by atoms with Gasteiger partial charge in [-0.25, -0.2) is 9.97 Å². The number of aryl methyl sites for hydroxylation is 1. The van der Waals surface area contributed by atoms with Crippen LogP contribution in [0.1, 0.15) is 25.6 Å². The second kappa shape index (κ2) is 6.10. The van der Waals surface area contributed by atoms with E-state index in [1.807, 2.05) is 24.8 Å². The van der Waals surface area contributed by atoms with Crippen LogP contribution in [0.2, 0.25) is 0 Å². The van der Waals surface area contributed by atoms with Crippen LogP contribution in [0.5, 0.6) is 0 Å². The molecule has 0 bridgehead atoms. The zero-order valence-corrected chi connectivity index (χ0v) is 11.3. The summed E-state index contributed by atoms with van der Waals surface area (Å²) >= 11 is 2.02. The minimum Gasteiger partial charge on any atom is -0.370 e. The lowest BCUT2D eigenvalue weighted by Crippen LogP contribution is -2.26. The maximum atomic E-state index is 4.44. The van der Waals surface area contributed by atoms with Gasteiger partial charge in [0.05, 0.1) is 0 Å². The van der Waals surface area contributed by atoms with Crippen LogP contribution < -0.4 is 10.6 Å². The van der Waals surface area contributed by atoms with Crippen molar-refractivity contribution in [3.63, 3.8) is 0 Å². The number of hydrogen-bond donors (Lipinski definition) is 2. The summed E-state index contributed by atoms with van der Waals surface area (Å²) in [4.78, 5) is 8.79. The molecule has 5 heteroatoms. The number of hydrogen-bond acceptors (Lipinski definition) is 5. The number of nitrogens with zero attached hydrogens (tertiary/aromatic N) is 2. The highest BCUT2D eigenvalue weighted by atomic mass is 32.2. The average Bonchev–Trinajstić information content (AvgIpc) is 2.30. The van der Waals surface area contributed by atoms with Gasteiger partial charge < -0.3 is 10.6 Å². The average molecular weight is 252 g/mol. The summed E-state index contributed by atoms with van der Waals surface area (Å²) in [5.41, 5.74) is 0. The van der Waals surface area contributed by atoms with Gasteiger partial charge in [0, 0.05) is 24.4 Å². The van der Waals surface area contributed by atoms with Gasteiger partial charge in [0.2, 0.25) is 0 Å². The largest absolute Gasteiger partial charge is 0.370 e. The molecule has 0 amide bonds. The van der Waals surface area contributed by atoms with Gasteiger partial charge in [-0.15, -0.1) is 0 Å². The highest BCUT2D eigenvalue weighted by Crippen LogP contribution is 2.21. The molecule has 2 N–H and O–H groups in total. The Hall–Kier alpha value is -0.970. The second-order valence-electron chi connectivity index (χ2n) is 4.27. The van der Waals surface area contributed by atoms with Gasteiger partial charge in [0.15, 0.2) is 0 Å². The molecule has 17 heavy (non-hydrogen) atoms. The van der Waals surface area contributed by atoms with Crippen LogP contribution in [0.15, 0.2) is 6.07 Å². The molecule has 1 aliphatic rings. The van der Waals surface area contributed by atoms with Crippen molar-refractivity contribution < 1.29 is 0 Å². The Balaban J connectivity index is 2.03. The van der Waals surface area contributed by atoms with Gasteiger partial charge >= 0.3 is 0 Å². The highest BCUT2D eigenvalue weighted by molar-refractivity contribution is 7.99. The summed E-state index contributed by atoms with van der Waals surface area (Å²) in [7, 11) is 0. The molecule has 1 fully saturated rings. The Kier molecular flexibility index (Phi) is 4.48.